The predicted molar refractivity (Wildman–Crippen MR) is 88.9 cm³/mol. The molecule has 1 aromatic rings. The van der Waals surface area contributed by atoms with Crippen molar-refractivity contribution < 1.29 is 46.5 Å². The number of nitrogens with zero attached hydrogens (tertiary/aromatic N) is 1. The summed E-state index contributed by atoms with van der Waals surface area (Å²) in [5.74, 6) is 0. The van der Waals surface area contributed by atoms with Gasteiger partial charge in [0.1, 0.15) is 0 Å². The molecule has 4 heteroatoms. The van der Waals surface area contributed by atoms with Gasteiger partial charge in [-0.25, -0.2) is 0 Å². The van der Waals surface area contributed by atoms with E-state index in [2.05, 4.69) is 78.0 Å². The van der Waals surface area contributed by atoms with Gasteiger partial charge in [-0.1, -0.05) is 76.6 Å². The van der Waals surface area contributed by atoms with Crippen LogP contribution in [0, 0.1) is 0 Å². The molecule has 125 valence electrons. The van der Waals surface area contributed by atoms with Crippen molar-refractivity contribution in [3.63, 3.8) is 0 Å². The first-order valence-electron chi connectivity index (χ1n) is 7.41. The van der Waals surface area contributed by atoms with Crippen molar-refractivity contribution in [3.8, 4) is 0 Å². The predicted octanol–water partition coefficient (Wildman–Crippen LogP) is -0.167. The summed E-state index contributed by atoms with van der Waals surface area (Å²) in [6, 6.07) is 8.71. The molecule has 0 amide bonds. The van der Waals surface area contributed by atoms with E-state index in [0.717, 1.165) is 6.42 Å². The molecule has 0 heterocycles. The third-order valence-electron chi connectivity index (χ3n) is 3.69. The van der Waals surface area contributed by atoms with Crippen molar-refractivity contribution in [2.24, 2.45) is 0 Å². The van der Waals surface area contributed by atoms with Crippen LogP contribution in [0.4, 0.5) is 0 Å². The van der Waals surface area contributed by atoms with E-state index in [-0.39, 0.29) is 57.6 Å². The Morgan fingerprint density at radius 3 is 2.00 bits per heavy atom. The van der Waals surface area contributed by atoms with Gasteiger partial charge in [0.25, 0.3) is 0 Å². The molecule has 0 saturated carbocycles. The summed E-state index contributed by atoms with van der Waals surface area (Å²) in [6.45, 7) is 13.1. The van der Waals surface area contributed by atoms with E-state index in [1.165, 1.54) is 22.3 Å². The van der Waals surface area contributed by atoms with E-state index >= 15 is 0 Å². The van der Waals surface area contributed by atoms with E-state index in [9.17, 15) is 0 Å². The third-order valence-corrected chi connectivity index (χ3v) is 3.69. The zero-order valence-corrected chi connectivity index (χ0v) is 17.9. The zero-order valence-electron chi connectivity index (χ0n) is 14.9. The molecule has 1 aromatic carbocycles. The van der Waals surface area contributed by atoms with E-state index in [1.807, 2.05) is 0 Å². The molecule has 2 rings (SSSR count). The average molecular weight is 387 g/mol. The van der Waals surface area contributed by atoms with Crippen LogP contribution in [0.2, 0.25) is 0 Å². The summed E-state index contributed by atoms with van der Waals surface area (Å²) >= 11 is 0. The fourth-order valence-electron chi connectivity index (χ4n) is 3.12. The minimum absolute atomic E-state index is 0. The standard InChI is InChI=1S/C19H26N.2ClH.Ti/c1-14-10-9-12-15(14)16-11-7-8-13-17(16)19(5,6)20-18(2,3)4;;;/h7-11,13H,12H2,1-6H3;2*1H;/q-1;;;+3/p-2. The van der Waals surface area contributed by atoms with Crippen LogP contribution in [0.15, 0.2) is 42.0 Å². The van der Waals surface area contributed by atoms with Crippen molar-refractivity contribution in [1.29, 1.82) is 0 Å². The fraction of sp³-hybridized carbons (Fsp3) is 0.474. The molecule has 0 aromatic heterocycles. The van der Waals surface area contributed by atoms with Gasteiger partial charge in [-0.2, -0.15) is 0 Å². The minimum atomic E-state index is -0.176. The molecule has 1 nitrogen and oxygen atoms in total. The Morgan fingerprint density at radius 1 is 0.957 bits per heavy atom. The Hall–Kier alpha value is -0.0457. The van der Waals surface area contributed by atoms with E-state index in [1.54, 1.807) is 0 Å². The van der Waals surface area contributed by atoms with Crippen LogP contribution in [-0.2, 0) is 27.3 Å². The second-order valence-electron chi connectivity index (χ2n) is 7.16. The molecule has 0 spiro atoms. The van der Waals surface area contributed by atoms with Crippen LogP contribution in [0.5, 0.6) is 0 Å². The topological polar surface area (TPSA) is 14.1 Å². The van der Waals surface area contributed by atoms with Gasteiger partial charge in [-0.05, 0) is 30.1 Å². The molecule has 0 unspecified atom stereocenters. The van der Waals surface area contributed by atoms with Crippen molar-refractivity contribution >= 4 is 5.57 Å². The minimum Gasteiger partial charge on any atom is -1.00 e. The van der Waals surface area contributed by atoms with Gasteiger partial charge in [0.2, 0.25) is 0 Å². The van der Waals surface area contributed by atoms with Gasteiger partial charge in [-0.3, -0.25) is 0 Å². The average Bonchev–Trinajstić information content (AvgIpc) is 2.72. The molecule has 1 aliphatic rings. The van der Waals surface area contributed by atoms with E-state index in [0.29, 0.717) is 0 Å². The van der Waals surface area contributed by atoms with E-state index in [4.69, 9.17) is 5.32 Å². The van der Waals surface area contributed by atoms with Crippen LogP contribution >= 0.6 is 0 Å². The van der Waals surface area contributed by atoms with Gasteiger partial charge in [0.05, 0.1) is 0 Å². The number of hydrogen-bond donors (Lipinski definition) is 0. The summed E-state index contributed by atoms with van der Waals surface area (Å²) in [6.07, 6.45) is 5.50. The zero-order chi connectivity index (χ0) is 15.0. The largest absolute Gasteiger partial charge is 3.00 e. The number of hydrogen-bond acceptors (Lipinski definition) is 0. The first-order chi connectivity index (χ1) is 9.21. The molecular formula is C19H26Cl2NTi. The summed E-state index contributed by atoms with van der Waals surface area (Å²) in [4.78, 5) is 0. The number of halogens is 2. The van der Waals surface area contributed by atoms with Gasteiger partial charge >= 0.3 is 21.7 Å². The van der Waals surface area contributed by atoms with Gasteiger partial charge < -0.3 is 30.1 Å². The van der Waals surface area contributed by atoms with Crippen molar-refractivity contribution in [2.45, 2.75) is 59.0 Å². The molecule has 0 saturated heterocycles. The molecule has 23 heavy (non-hydrogen) atoms. The Labute approximate surface area is 169 Å². The number of benzene rings is 1. The maximum absolute atomic E-state index is 5.03. The molecule has 0 atom stereocenters. The Balaban J connectivity index is 0. The Kier molecular flexibility index (Phi) is 10.3. The maximum Gasteiger partial charge on any atom is 3.00 e. The van der Waals surface area contributed by atoms with Gasteiger partial charge in [0, 0.05) is 0 Å². The van der Waals surface area contributed by atoms with Crippen LogP contribution in [0.3, 0.4) is 0 Å². The van der Waals surface area contributed by atoms with Crippen molar-refractivity contribution in [3.05, 3.63) is 58.4 Å². The Bertz CT molecular complexity index is 569. The second kappa shape index (κ2) is 9.44. The summed E-state index contributed by atoms with van der Waals surface area (Å²) < 4.78 is 0. The molecule has 0 bridgehead atoms. The molecule has 0 aliphatic heterocycles. The third kappa shape index (κ3) is 6.40. The molecule has 0 N–H and O–H groups in total. The van der Waals surface area contributed by atoms with Gasteiger partial charge in [-0.15, -0.1) is 11.1 Å². The quantitative estimate of drug-likeness (QED) is 0.640. The molecule has 1 radical (unpaired) electrons. The molecule has 1 aliphatic carbocycles. The number of allylic oxidation sites excluding steroid dienone is 4. The summed E-state index contributed by atoms with van der Waals surface area (Å²) in [5.41, 5.74) is 5.29. The van der Waals surface area contributed by atoms with Gasteiger partial charge in [0.15, 0.2) is 0 Å². The van der Waals surface area contributed by atoms with Crippen molar-refractivity contribution in [2.75, 3.05) is 0 Å². The summed E-state index contributed by atoms with van der Waals surface area (Å²) in [7, 11) is 0. The number of rotatable bonds is 3. The van der Waals surface area contributed by atoms with Crippen LogP contribution in [0.1, 0.15) is 59.1 Å². The molecular weight excluding hydrogens is 361 g/mol. The van der Waals surface area contributed by atoms with Crippen LogP contribution in [0.25, 0.3) is 10.9 Å². The van der Waals surface area contributed by atoms with Crippen LogP contribution in [-0.4, -0.2) is 5.54 Å². The fourth-order valence-corrected chi connectivity index (χ4v) is 3.12. The smallest absolute Gasteiger partial charge is 1.00 e. The normalized spacial score (nSPS) is 14.0. The molecule has 0 fully saturated rings. The SMILES string of the molecule is CC1=C(c2ccccc2C(C)(C)[N-]C(C)(C)C)CC=C1.[Cl-].[Cl-].[Ti+3]. The van der Waals surface area contributed by atoms with Crippen LogP contribution < -0.4 is 24.8 Å². The van der Waals surface area contributed by atoms with Crippen molar-refractivity contribution in [1.82, 2.24) is 0 Å². The maximum atomic E-state index is 5.03. The second-order valence-corrected chi connectivity index (χ2v) is 7.16. The first kappa shape index (κ1) is 25.2. The first-order valence-corrected chi connectivity index (χ1v) is 7.41. The monoisotopic (exact) mass is 386 g/mol. The van der Waals surface area contributed by atoms with E-state index < -0.39 is 0 Å². The Morgan fingerprint density at radius 2 is 1.52 bits per heavy atom. The summed E-state index contributed by atoms with van der Waals surface area (Å²) in [5, 5.41) is 5.03.